The number of urea groups is 1. The standard InChI is InChI=1S/C14H18N2O5/c1-9(13(18)16-14(19)15-2)21-11-6-4-10(5-7-11)8-12(17)20-3/h4-7,9H,8H2,1-3H3,(H2,15,16,18,19)/t9-/m0/s1. The molecule has 3 amide bonds. The molecule has 1 atom stereocenters. The van der Waals surface area contributed by atoms with E-state index < -0.39 is 18.0 Å². The molecule has 1 aromatic carbocycles. The van der Waals surface area contributed by atoms with Gasteiger partial charge < -0.3 is 14.8 Å². The van der Waals surface area contributed by atoms with Crippen LogP contribution in [0.15, 0.2) is 24.3 Å². The first-order valence-electron chi connectivity index (χ1n) is 6.31. The molecule has 0 saturated heterocycles. The lowest BCUT2D eigenvalue weighted by Crippen LogP contribution is -2.43. The minimum atomic E-state index is -0.825. The number of methoxy groups -OCH3 is 1. The van der Waals surface area contributed by atoms with Crippen LogP contribution in [-0.2, 0) is 20.7 Å². The van der Waals surface area contributed by atoms with Crippen LogP contribution in [0.4, 0.5) is 4.79 Å². The Balaban J connectivity index is 2.56. The maximum Gasteiger partial charge on any atom is 0.321 e. The lowest BCUT2D eigenvalue weighted by molar-refractivity contribution is -0.139. The molecule has 21 heavy (non-hydrogen) atoms. The van der Waals surface area contributed by atoms with Crippen molar-refractivity contribution in [2.24, 2.45) is 0 Å². The van der Waals surface area contributed by atoms with Crippen LogP contribution in [0.25, 0.3) is 0 Å². The molecular weight excluding hydrogens is 276 g/mol. The molecule has 114 valence electrons. The zero-order valence-corrected chi connectivity index (χ0v) is 12.1. The van der Waals surface area contributed by atoms with Crippen LogP contribution in [0.5, 0.6) is 5.75 Å². The predicted molar refractivity (Wildman–Crippen MR) is 74.9 cm³/mol. The normalized spacial score (nSPS) is 11.2. The summed E-state index contributed by atoms with van der Waals surface area (Å²) in [6.45, 7) is 1.53. The van der Waals surface area contributed by atoms with Gasteiger partial charge in [-0.15, -0.1) is 0 Å². The van der Waals surface area contributed by atoms with Crippen LogP contribution in [-0.4, -0.2) is 38.2 Å². The minimum absolute atomic E-state index is 0.170. The van der Waals surface area contributed by atoms with Gasteiger partial charge in [-0.2, -0.15) is 0 Å². The van der Waals surface area contributed by atoms with E-state index >= 15 is 0 Å². The molecular formula is C14H18N2O5. The van der Waals surface area contributed by atoms with Gasteiger partial charge >= 0.3 is 12.0 Å². The third-order valence-corrected chi connectivity index (χ3v) is 2.65. The highest BCUT2D eigenvalue weighted by molar-refractivity contribution is 5.96. The lowest BCUT2D eigenvalue weighted by atomic mass is 10.1. The summed E-state index contributed by atoms with van der Waals surface area (Å²) in [5.41, 5.74) is 0.775. The highest BCUT2D eigenvalue weighted by atomic mass is 16.5. The Kier molecular flexibility index (Phi) is 6.19. The maximum atomic E-state index is 11.6. The second-order valence-electron chi connectivity index (χ2n) is 4.23. The van der Waals surface area contributed by atoms with Gasteiger partial charge in [0, 0.05) is 7.05 Å². The Labute approximate surface area is 122 Å². The van der Waals surface area contributed by atoms with Crippen molar-refractivity contribution in [1.29, 1.82) is 0 Å². The summed E-state index contributed by atoms with van der Waals surface area (Å²) in [6, 6.07) is 6.10. The van der Waals surface area contributed by atoms with E-state index in [2.05, 4.69) is 15.4 Å². The first-order valence-corrected chi connectivity index (χ1v) is 6.31. The third-order valence-electron chi connectivity index (χ3n) is 2.65. The van der Waals surface area contributed by atoms with Crippen LogP contribution >= 0.6 is 0 Å². The van der Waals surface area contributed by atoms with E-state index in [1.807, 2.05) is 0 Å². The van der Waals surface area contributed by atoms with E-state index in [4.69, 9.17) is 4.74 Å². The zero-order valence-electron chi connectivity index (χ0n) is 12.1. The molecule has 1 rings (SSSR count). The van der Waals surface area contributed by atoms with Gasteiger partial charge in [-0.1, -0.05) is 12.1 Å². The summed E-state index contributed by atoms with van der Waals surface area (Å²) in [6.07, 6.45) is -0.655. The monoisotopic (exact) mass is 294 g/mol. The van der Waals surface area contributed by atoms with Crippen molar-refractivity contribution in [3.63, 3.8) is 0 Å². The number of hydrogen-bond acceptors (Lipinski definition) is 5. The number of hydrogen-bond donors (Lipinski definition) is 2. The molecule has 0 aliphatic carbocycles. The SMILES string of the molecule is CNC(=O)NC(=O)[C@H](C)Oc1ccc(CC(=O)OC)cc1. The molecule has 0 aromatic heterocycles. The van der Waals surface area contributed by atoms with Gasteiger partial charge in [0.2, 0.25) is 0 Å². The molecule has 0 saturated carbocycles. The molecule has 0 spiro atoms. The number of carbonyl (C=O) groups is 3. The van der Waals surface area contributed by atoms with Gasteiger partial charge in [-0.3, -0.25) is 14.9 Å². The largest absolute Gasteiger partial charge is 0.481 e. The van der Waals surface area contributed by atoms with Crippen molar-refractivity contribution in [2.75, 3.05) is 14.2 Å². The van der Waals surface area contributed by atoms with Crippen molar-refractivity contribution in [2.45, 2.75) is 19.4 Å². The number of ether oxygens (including phenoxy) is 2. The number of carbonyl (C=O) groups excluding carboxylic acids is 3. The summed E-state index contributed by atoms with van der Waals surface area (Å²) in [5, 5.41) is 4.40. The Hall–Kier alpha value is -2.57. The number of esters is 1. The van der Waals surface area contributed by atoms with E-state index in [9.17, 15) is 14.4 Å². The average molecular weight is 294 g/mol. The number of imide groups is 1. The Bertz CT molecular complexity index is 513. The van der Waals surface area contributed by atoms with E-state index in [1.54, 1.807) is 24.3 Å². The summed E-state index contributed by atoms with van der Waals surface area (Å²) in [5.74, 6) is -0.418. The van der Waals surface area contributed by atoms with Crippen LogP contribution in [0.2, 0.25) is 0 Å². The van der Waals surface area contributed by atoms with Crippen molar-refractivity contribution < 1.29 is 23.9 Å². The van der Waals surface area contributed by atoms with Crippen molar-refractivity contribution in [1.82, 2.24) is 10.6 Å². The summed E-state index contributed by atoms with van der Waals surface area (Å²) in [4.78, 5) is 33.7. The Morgan fingerprint density at radius 2 is 1.81 bits per heavy atom. The van der Waals surface area contributed by atoms with Crippen LogP contribution in [0.1, 0.15) is 12.5 Å². The van der Waals surface area contributed by atoms with E-state index in [1.165, 1.54) is 21.1 Å². The summed E-state index contributed by atoms with van der Waals surface area (Å²) < 4.78 is 9.97. The molecule has 0 bridgehead atoms. The molecule has 0 aliphatic heterocycles. The van der Waals surface area contributed by atoms with Gasteiger partial charge in [0.15, 0.2) is 6.10 Å². The predicted octanol–water partition coefficient (Wildman–Crippen LogP) is 0.625. The molecule has 1 aromatic rings. The summed E-state index contributed by atoms with van der Waals surface area (Å²) >= 11 is 0. The lowest BCUT2D eigenvalue weighted by Gasteiger charge is -2.14. The molecule has 7 nitrogen and oxygen atoms in total. The molecule has 0 unspecified atom stereocenters. The van der Waals surface area contributed by atoms with Crippen LogP contribution < -0.4 is 15.4 Å². The van der Waals surface area contributed by atoms with Crippen LogP contribution in [0.3, 0.4) is 0 Å². The average Bonchev–Trinajstić information content (AvgIpc) is 2.48. The fraction of sp³-hybridized carbons (Fsp3) is 0.357. The fourth-order valence-corrected chi connectivity index (χ4v) is 1.46. The Morgan fingerprint density at radius 1 is 1.19 bits per heavy atom. The van der Waals surface area contributed by atoms with Crippen molar-refractivity contribution >= 4 is 17.9 Å². The second-order valence-corrected chi connectivity index (χ2v) is 4.23. The van der Waals surface area contributed by atoms with Gasteiger partial charge in [0.05, 0.1) is 13.5 Å². The van der Waals surface area contributed by atoms with Gasteiger partial charge in [0.1, 0.15) is 5.75 Å². The fourth-order valence-electron chi connectivity index (χ4n) is 1.46. The molecule has 2 N–H and O–H groups in total. The van der Waals surface area contributed by atoms with E-state index in [0.29, 0.717) is 5.75 Å². The van der Waals surface area contributed by atoms with Gasteiger partial charge in [-0.05, 0) is 24.6 Å². The number of nitrogens with one attached hydrogen (secondary N) is 2. The van der Waals surface area contributed by atoms with Crippen molar-refractivity contribution in [3.05, 3.63) is 29.8 Å². The maximum absolute atomic E-state index is 11.6. The van der Waals surface area contributed by atoms with Crippen molar-refractivity contribution in [3.8, 4) is 5.75 Å². The van der Waals surface area contributed by atoms with E-state index in [-0.39, 0.29) is 12.4 Å². The number of rotatable bonds is 5. The highest BCUT2D eigenvalue weighted by Crippen LogP contribution is 2.14. The number of benzene rings is 1. The second kappa shape index (κ2) is 7.88. The first kappa shape index (κ1) is 16.5. The molecule has 7 heteroatoms. The zero-order chi connectivity index (χ0) is 15.8. The molecule has 0 radical (unpaired) electrons. The third kappa shape index (κ3) is 5.52. The van der Waals surface area contributed by atoms with Gasteiger partial charge in [-0.25, -0.2) is 4.79 Å². The molecule has 0 fully saturated rings. The Morgan fingerprint density at radius 3 is 2.33 bits per heavy atom. The summed E-state index contributed by atoms with van der Waals surface area (Å²) in [7, 11) is 2.74. The first-order chi connectivity index (χ1) is 9.96. The smallest absolute Gasteiger partial charge is 0.321 e. The molecule has 0 aliphatic rings. The van der Waals surface area contributed by atoms with E-state index in [0.717, 1.165) is 5.56 Å². The topological polar surface area (TPSA) is 93.7 Å². The highest BCUT2D eigenvalue weighted by Gasteiger charge is 2.16. The molecule has 0 heterocycles. The van der Waals surface area contributed by atoms with Gasteiger partial charge in [0.25, 0.3) is 5.91 Å². The minimum Gasteiger partial charge on any atom is -0.481 e. The quantitative estimate of drug-likeness (QED) is 0.777. The van der Waals surface area contributed by atoms with Crippen LogP contribution in [0, 0.1) is 0 Å². The number of amides is 3.